The number of rotatable bonds is 7. The molecule has 0 saturated carbocycles. The van der Waals surface area contributed by atoms with Crippen molar-refractivity contribution in [1.29, 1.82) is 0 Å². The first-order valence-corrected chi connectivity index (χ1v) is 13.6. The predicted molar refractivity (Wildman–Crippen MR) is 129 cm³/mol. The van der Waals surface area contributed by atoms with Crippen LogP contribution < -0.4 is 15.7 Å². The average Bonchev–Trinajstić information content (AvgIpc) is 3.14. The zero-order chi connectivity index (χ0) is 22.6. The van der Waals surface area contributed by atoms with E-state index in [1.807, 2.05) is 12.1 Å². The summed E-state index contributed by atoms with van der Waals surface area (Å²) in [6.07, 6.45) is 2.95. The minimum atomic E-state index is -2.66. The van der Waals surface area contributed by atoms with Crippen molar-refractivity contribution in [3.63, 3.8) is 0 Å². The molecule has 0 aliphatic carbocycles. The summed E-state index contributed by atoms with van der Waals surface area (Å²) in [4.78, 5) is 12.3. The van der Waals surface area contributed by atoms with Crippen LogP contribution in [0.15, 0.2) is 60.7 Å². The molecule has 3 atom stereocenters. The van der Waals surface area contributed by atoms with Crippen molar-refractivity contribution in [3.05, 3.63) is 60.7 Å². The molecular formula is C26H35NO4Si. The Hall–Kier alpha value is -1.99. The molecule has 0 bridgehead atoms. The van der Waals surface area contributed by atoms with Gasteiger partial charge < -0.3 is 19.2 Å². The van der Waals surface area contributed by atoms with E-state index in [1.54, 1.807) is 0 Å². The molecular weight excluding hydrogens is 418 g/mol. The lowest BCUT2D eigenvalue weighted by atomic mass is 10.1. The Kier molecular flexibility index (Phi) is 7.15. The Morgan fingerprint density at radius 1 is 1.00 bits per heavy atom. The summed E-state index contributed by atoms with van der Waals surface area (Å²) in [6, 6.07) is 21.0. The predicted octanol–water partition coefficient (Wildman–Crippen LogP) is 3.36. The van der Waals surface area contributed by atoms with Gasteiger partial charge in [-0.15, -0.1) is 0 Å². The Labute approximate surface area is 192 Å². The molecule has 32 heavy (non-hydrogen) atoms. The van der Waals surface area contributed by atoms with Gasteiger partial charge in [-0.1, -0.05) is 81.4 Å². The van der Waals surface area contributed by atoms with Crippen LogP contribution in [-0.4, -0.2) is 45.9 Å². The molecule has 0 radical (unpaired) electrons. The highest BCUT2D eigenvalue weighted by molar-refractivity contribution is 6.99. The highest BCUT2D eigenvalue weighted by Gasteiger charge is 2.51. The SMILES string of the molecule is CC(C)(C)[Si](OCC1NC(=O)CC1OC1CCCCO1)(c1ccccc1)c1ccccc1. The first-order valence-electron chi connectivity index (χ1n) is 11.7. The summed E-state index contributed by atoms with van der Waals surface area (Å²) in [6.45, 7) is 7.92. The fraction of sp³-hybridized carbons (Fsp3) is 0.500. The van der Waals surface area contributed by atoms with Gasteiger partial charge in [-0.2, -0.15) is 0 Å². The van der Waals surface area contributed by atoms with Gasteiger partial charge in [0.05, 0.1) is 25.2 Å². The van der Waals surface area contributed by atoms with Crippen molar-refractivity contribution in [2.24, 2.45) is 0 Å². The summed E-state index contributed by atoms with van der Waals surface area (Å²) < 4.78 is 19.0. The molecule has 2 aliphatic rings. The minimum Gasteiger partial charge on any atom is -0.405 e. The zero-order valence-corrected chi connectivity index (χ0v) is 20.4. The fourth-order valence-corrected chi connectivity index (χ4v) is 9.55. The van der Waals surface area contributed by atoms with Crippen LogP contribution >= 0.6 is 0 Å². The van der Waals surface area contributed by atoms with Crippen molar-refractivity contribution in [2.75, 3.05) is 13.2 Å². The molecule has 2 heterocycles. The van der Waals surface area contributed by atoms with E-state index in [-0.39, 0.29) is 29.4 Å². The maximum atomic E-state index is 12.3. The van der Waals surface area contributed by atoms with Crippen molar-refractivity contribution < 1.29 is 18.7 Å². The van der Waals surface area contributed by atoms with Crippen LogP contribution in [0, 0.1) is 0 Å². The van der Waals surface area contributed by atoms with E-state index >= 15 is 0 Å². The summed E-state index contributed by atoms with van der Waals surface area (Å²) in [5, 5.41) is 5.45. The highest BCUT2D eigenvalue weighted by Crippen LogP contribution is 2.37. The monoisotopic (exact) mass is 453 g/mol. The second-order valence-corrected chi connectivity index (χ2v) is 14.1. The lowest BCUT2D eigenvalue weighted by Crippen LogP contribution is -2.67. The second-order valence-electron chi connectivity index (χ2n) is 9.82. The quantitative estimate of drug-likeness (QED) is 0.653. The summed E-state index contributed by atoms with van der Waals surface area (Å²) in [7, 11) is -2.66. The number of carbonyl (C=O) groups excluding carboxylic acids is 1. The number of benzene rings is 2. The van der Waals surface area contributed by atoms with Crippen molar-refractivity contribution in [1.82, 2.24) is 5.32 Å². The van der Waals surface area contributed by atoms with Gasteiger partial charge in [-0.05, 0) is 34.7 Å². The van der Waals surface area contributed by atoms with Gasteiger partial charge in [0, 0.05) is 6.61 Å². The van der Waals surface area contributed by atoms with Gasteiger partial charge in [0.1, 0.15) is 0 Å². The average molecular weight is 454 g/mol. The molecule has 6 heteroatoms. The van der Waals surface area contributed by atoms with Gasteiger partial charge in [-0.3, -0.25) is 4.79 Å². The standard InChI is InChI=1S/C26H35NO4Si/c1-26(2,3)32(20-12-6-4-7-13-20,21-14-8-5-9-15-21)30-19-22-23(18-24(28)27-22)31-25-16-10-11-17-29-25/h4-9,12-15,22-23,25H,10-11,16-19H2,1-3H3,(H,27,28). The zero-order valence-electron chi connectivity index (χ0n) is 19.4. The molecule has 5 nitrogen and oxygen atoms in total. The number of nitrogens with one attached hydrogen (secondary N) is 1. The van der Waals surface area contributed by atoms with Gasteiger partial charge in [0.2, 0.25) is 5.91 Å². The summed E-state index contributed by atoms with van der Waals surface area (Å²) >= 11 is 0. The first kappa shape index (κ1) is 23.2. The van der Waals surface area contributed by atoms with Crippen LogP contribution in [-0.2, 0) is 18.7 Å². The minimum absolute atomic E-state index is 0.0156. The molecule has 0 aromatic heterocycles. The lowest BCUT2D eigenvalue weighted by Gasteiger charge is -2.43. The fourth-order valence-electron chi connectivity index (χ4n) is 4.97. The Balaban J connectivity index is 1.62. The van der Waals surface area contributed by atoms with E-state index in [9.17, 15) is 4.79 Å². The smallest absolute Gasteiger partial charge is 0.261 e. The second kappa shape index (κ2) is 9.87. The lowest BCUT2D eigenvalue weighted by molar-refractivity contribution is -0.190. The van der Waals surface area contributed by atoms with E-state index in [0.717, 1.165) is 25.9 Å². The van der Waals surface area contributed by atoms with Crippen molar-refractivity contribution in [2.45, 2.75) is 69.9 Å². The Morgan fingerprint density at radius 2 is 1.62 bits per heavy atom. The molecule has 3 unspecified atom stereocenters. The van der Waals surface area contributed by atoms with E-state index in [0.29, 0.717) is 13.0 Å². The number of ether oxygens (including phenoxy) is 2. The molecule has 172 valence electrons. The summed E-state index contributed by atoms with van der Waals surface area (Å²) in [5.74, 6) is 0.0156. The van der Waals surface area contributed by atoms with Gasteiger partial charge >= 0.3 is 0 Å². The molecule has 2 aromatic carbocycles. The number of carbonyl (C=O) groups is 1. The third kappa shape index (κ3) is 4.83. The largest absolute Gasteiger partial charge is 0.405 e. The molecule has 1 N–H and O–H groups in total. The number of amides is 1. The van der Waals surface area contributed by atoms with Crippen LogP contribution in [0.1, 0.15) is 46.5 Å². The molecule has 2 aromatic rings. The van der Waals surface area contributed by atoms with Crippen molar-refractivity contribution >= 4 is 24.6 Å². The number of hydrogen-bond donors (Lipinski definition) is 1. The third-order valence-electron chi connectivity index (χ3n) is 6.54. The van der Waals surface area contributed by atoms with E-state index in [1.165, 1.54) is 10.4 Å². The maximum absolute atomic E-state index is 12.3. The third-order valence-corrected chi connectivity index (χ3v) is 11.5. The Bertz CT molecular complexity index is 838. The van der Waals surface area contributed by atoms with E-state index < -0.39 is 8.32 Å². The molecule has 4 rings (SSSR count). The van der Waals surface area contributed by atoms with Crippen LogP contribution in [0.2, 0.25) is 5.04 Å². The van der Waals surface area contributed by atoms with Crippen LogP contribution in [0.25, 0.3) is 0 Å². The molecule has 1 amide bonds. The molecule has 0 spiro atoms. The van der Waals surface area contributed by atoms with Crippen LogP contribution in [0.3, 0.4) is 0 Å². The molecule has 2 saturated heterocycles. The molecule has 2 aliphatic heterocycles. The van der Waals surface area contributed by atoms with Crippen LogP contribution in [0.5, 0.6) is 0 Å². The van der Waals surface area contributed by atoms with Crippen LogP contribution in [0.4, 0.5) is 0 Å². The van der Waals surface area contributed by atoms with Gasteiger partial charge in [0.15, 0.2) is 6.29 Å². The molecule has 2 fully saturated rings. The Morgan fingerprint density at radius 3 is 2.16 bits per heavy atom. The normalized spacial score (nSPS) is 24.3. The highest BCUT2D eigenvalue weighted by atomic mass is 28.4. The van der Waals surface area contributed by atoms with Gasteiger partial charge in [-0.25, -0.2) is 0 Å². The van der Waals surface area contributed by atoms with Gasteiger partial charge in [0.25, 0.3) is 8.32 Å². The van der Waals surface area contributed by atoms with Crippen molar-refractivity contribution in [3.8, 4) is 0 Å². The van der Waals surface area contributed by atoms with E-state index in [2.05, 4.69) is 74.6 Å². The van der Waals surface area contributed by atoms with E-state index in [4.69, 9.17) is 13.9 Å². The summed E-state index contributed by atoms with van der Waals surface area (Å²) in [5.41, 5.74) is 0. The first-order chi connectivity index (χ1) is 15.4. The topological polar surface area (TPSA) is 56.8 Å². The maximum Gasteiger partial charge on any atom is 0.261 e. The number of hydrogen-bond acceptors (Lipinski definition) is 4.